The summed E-state index contributed by atoms with van der Waals surface area (Å²) in [6.45, 7) is 4.20. The quantitative estimate of drug-likeness (QED) is 0.0195. The van der Waals surface area contributed by atoms with Gasteiger partial charge in [-0.2, -0.15) is 0 Å². The van der Waals surface area contributed by atoms with Crippen LogP contribution in [0.15, 0.2) is 60.8 Å². The van der Waals surface area contributed by atoms with E-state index in [1.54, 1.807) is 0 Å². The van der Waals surface area contributed by atoms with Crippen LogP contribution in [-0.4, -0.2) is 70.0 Å². The fraction of sp³-hybridized carbons (Fsp3) is 0.846. The highest BCUT2D eigenvalue weighted by Crippen LogP contribution is 2.38. The topological polar surface area (TPSA) is 111 Å². The number of hydrogen-bond acceptors (Lipinski definition) is 8. The minimum absolute atomic E-state index is 0.0276. The summed E-state index contributed by atoms with van der Waals surface area (Å²) in [4.78, 5) is 38.1. The van der Waals surface area contributed by atoms with Gasteiger partial charge in [-0.05, 0) is 57.8 Å². The van der Waals surface area contributed by atoms with Gasteiger partial charge in [-0.3, -0.25) is 14.2 Å². The molecule has 0 N–H and O–H groups in total. The van der Waals surface area contributed by atoms with E-state index in [0.717, 1.165) is 64.2 Å². The van der Waals surface area contributed by atoms with Crippen molar-refractivity contribution in [3.63, 3.8) is 0 Å². The van der Waals surface area contributed by atoms with Crippen LogP contribution in [0.5, 0.6) is 0 Å². The summed E-state index contributed by atoms with van der Waals surface area (Å²) in [7, 11) is 1.19. The van der Waals surface area contributed by atoms with E-state index in [9.17, 15) is 19.0 Å². The van der Waals surface area contributed by atoms with Crippen molar-refractivity contribution in [3.8, 4) is 0 Å². The Hall–Kier alpha value is -2.29. The van der Waals surface area contributed by atoms with Crippen molar-refractivity contribution in [1.82, 2.24) is 0 Å². The zero-order valence-corrected chi connectivity index (χ0v) is 59.8. The molecular weight excluding hydrogens is 1110 g/mol. The van der Waals surface area contributed by atoms with Crippen molar-refractivity contribution in [2.45, 2.75) is 380 Å². The minimum Gasteiger partial charge on any atom is -0.756 e. The number of hydrogen-bond donors (Lipinski definition) is 0. The summed E-state index contributed by atoms with van der Waals surface area (Å²) in [5.41, 5.74) is 0. The SMILES string of the molecule is CC/C=C\C/C=C\C/C=C\C/C=C\C/C=C\CCCCCCCCCCCCCCCCCCCCCCCCCCCC(=O)OC(COC(=O)CCCCCCCCCCCCCCCCCCCCCCCCC)COP(=O)([O-])OCC[N+](C)(C)C. The second-order valence-corrected chi connectivity index (χ2v) is 28.4. The molecule has 0 aliphatic heterocycles. The number of unbranched alkanes of at least 4 members (excludes halogenated alkanes) is 47. The monoisotopic (exact) mass is 1260 g/mol. The van der Waals surface area contributed by atoms with Gasteiger partial charge in [0.2, 0.25) is 0 Å². The second-order valence-electron chi connectivity index (χ2n) is 27.0. The molecule has 10 heteroatoms. The van der Waals surface area contributed by atoms with Crippen molar-refractivity contribution in [2.24, 2.45) is 0 Å². The molecular formula is C78H146NO8P. The molecule has 0 amide bonds. The molecule has 0 fully saturated rings. The van der Waals surface area contributed by atoms with Crippen LogP contribution in [0.4, 0.5) is 0 Å². The lowest BCUT2D eigenvalue weighted by atomic mass is 10.0. The van der Waals surface area contributed by atoms with Crippen molar-refractivity contribution in [3.05, 3.63) is 60.8 Å². The molecule has 0 aromatic heterocycles. The molecule has 0 aromatic rings. The number of phosphoric acid groups is 1. The summed E-state index contributed by atoms with van der Waals surface area (Å²) in [5.74, 6) is -0.809. The number of phosphoric ester groups is 1. The van der Waals surface area contributed by atoms with E-state index in [4.69, 9.17) is 18.5 Å². The average Bonchev–Trinajstić information content (AvgIpc) is 3.58. The van der Waals surface area contributed by atoms with Crippen molar-refractivity contribution >= 4 is 19.8 Å². The summed E-state index contributed by atoms with van der Waals surface area (Å²) >= 11 is 0. The summed E-state index contributed by atoms with van der Waals surface area (Å²) in [6.07, 6.45) is 91.9. The van der Waals surface area contributed by atoms with Crippen molar-refractivity contribution in [1.29, 1.82) is 0 Å². The number of likely N-dealkylation sites (N-methyl/N-ethyl adjacent to an activating group) is 1. The molecule has 0 heterocycles. The fourth-order valence-electron chi connectivity index (χ4n) is 11.3. The van der Waals surface area contributed by atoms with Crippen LogP contribution < -0.4 is 4.89 Å². The van der Waals surface area contributed by atoms with Gasteiger partial charge in [0.15, 0.2) is 6.10 Å². The molecule has 516 valence electrons. The fourth-order valence-corrected chi connectivity index (χ4v) is 12.0. The Bertz CT molecular complexity index is 1670. The summed E-state index contributed by atoms with van der Waals surface area (Å²) in [5, 5.41) is 0. The first-order valence-corrected chi connectivity index (χ1v) is 39.5. The van der Waals surface area contributed by atoms with Crippen LogP contribution in [0, 0.1) is 0 Å². The number of rotatable bonds is 71. The molecule has 2 atom stereocenters. The van der Waals surface area contributed by atoms with Crippen LogP contribution >= 0.6 is 7.82 Å². The number of ether oxygens (including phenoxy) is 2. The van der Waals surface area contributed by atoms with Crippen LogP contribution in [0.1, 0.15) is 373 Å². The molecule has 0 radical (unpaired) electrons. The molecule has 9 nitrogen and oxygen atoms in total. The normalized spacial score (nSPS) is 13.4. The van der Waals surface area contributed by atoms with Crippen molar-refractivity contribution < 1.29 is 42.1 Å². The van der Waals surface area contributed by atoms with Gasteiger partial charge in [0, 0.05) is 12.8 Å². The largest absolute Gasteiger partial charge is 0.756 e. The maximum Gasteiger partial charge on any atom is 0.306 e. The zero-order valence-electron chi connectivity index (χ0n) is 58.9. The average molecular weight is 1260 g/mol. The predicted octanol–water partition coefficient (Wildman–Crippen LogP) is 24.3. The number of esters is 2. The number of quaternary nitrogens is 1. The maximum atomic E-state index is 12.9. The first-order valence-electron chi connectivity index (χ1n) is 38.0. The van der Waals surface area contributed by atoms with E-state index < -0.39 is 26.5 Å². The molecule has 0 bridgehead atoms. The second kappa shape index (κ2) is 69.1. The molecule has 0 aromatic carbocycles. The van der Waals surface area contributed by atoms with E-state index >= 15 is 0 Å². The lowest BCUT2D eigenvalue weighted by molar-refractivity contribution is -0.870. The third kappa shape index (κ3) is 72.8. The van der Waals surface area contributed by atoms with E-state index in [1.165, 1.54) is 276 Å². The van der Waals surface area contributed by atoms with Gasteiger partial charge in [-0.1, -0.05) is 364 Å². The van der Waals surface area contributed by atoms with Gasteiger partial charge >= 0.3 is 11.9 Å². The third-order valence-corrected chi connectivity index (χ3v) is 18.0. The van der Waals surface area contributed by atoms with Gasteiger partial charge in [0.05, 0.1) is 27.7 Å². The molecule has 0 aliphatic rings. The van der Waals surface area contributed by atoms with Gasteiger partial charge < -0.3 is 27.9 Å². The maximum absolute atomic E-state index is 12.9. The first kappa shape index (κ1) is 85.7. The Morgan fingerprint density at radius 1 is 0.364 bits per heavy atom. The number of carbonyl (C=O) groups excluding carboxylic acids is 2. The Morgan fingerprint density at radius 2 is 0.648 bits per heavy atom. The molecule has 2 unspecified atom stereocenters. The minimum atomic E-state index is -4.64. The highest BCUT2D eigenvalue weighted by Gasteiger charge is 2.22. The Morgan fingerprint density at radius 3 is 0.966 bits per heavy atom. The van der Waals surface area contributed by atoms with E-state index in [1.807, 2.05) is 21.1 Å². The van der Waals surface area contributed by atoms with Gasteiger partial charge in [-0.15, -0.1) is 0 Å². The van der Waals surface area contributed by atoms with Crippen molar-refractivity contribution in [2.75, 3.05) is 47.5 Å². The number of nitrogens with zero attached hydrogens (tertiary/aromatic N) is 1. The van der Waals surface area contributed by atoms with Crippen LogP contribution in [0.25, 0.3) is 0 Å². The standard InChI is InChI=1S/C78H146NO8P/c1-6-8-10-12-14-16-18-20-22-24-26-28-30-31-32-33-34-35-36-37-38-39-40-41-42-43-44-45-46-47-49-51-53-55-57-59-61-63-65-67-69-71-78(81)87-76(75-86-88(82,83)85-73-72-79(3,4)5)74-84-77(80)70-68-66-64-62-60-58-56-54-52-50-48-29-27-25-23-21-19-17-15-13-11-9-7-2/h8,10,14,16,20,22,26,28,31-32,76H,6-7,9,11-13,15,17-19,21,23-25,27,29-30,33-75H2,1-5H3/b10-8-,16-14-,22-20-,28-26-,32-31-. The molecule has 0 saturated heterocycles. The highest BCUT2D eigenvalue weighted by molar-refractivity contribution is 7.45. The van der Waals surface area contributed by atoms with Crippen LogP contribution in [0.2, 0.25) is 0 Å². The predicted molar refractivity (Wildman–Crippen MR) is 379 cm³/mol. The van der Waals surface area contributed by atoms with E-state index in [2.05, 4.69) is 74.6 Å². The molecule has 88 heavy (non-hydrogen) atoms. The van der Waals surface area contributed by atoms with Crippen LogP contribution in [-0.2, 0) is 32.7 Å². The van der Waals surface area contributed by atoms with Crippen LogP contribution in [0.3, 0.4) is 0 Å². The summed E-state index contributed by atoms with van der Waals surface area (Å²) in [6, 6.07) is 0. The zero-order chi connectivity index (χ0) is 64.1. The van der Waals surface area contributed by atoms with E-state index in [0.29, 0.717) is 17.4 Å². The smallest absolute Gasteiger partial charge is 0.306 e. The first-order chi connectivity index (χ1) is 43.0. The number of allylic oxidation sites excluding steroid dienone is 10. The Balaban J connectivity index is 3.89. The molecule has 0 aliphatic carbocycles. The van der Waals surface area contributed by atoms with Gasteiger partial charge in [0.1, 0.15) is 19.8 Å². The third-order valence-electron chi connectivity index (χ3n) is 17.1. The molecule has 0 rings (SSSR count). The highest BCUT2D eigenvalue weighted by atomic mass is 31.2. The van der Waals surface area contributed by atoms with Gasteiger partial charge in [-0.25, -0.2) is 0 Å². The molecule has 0 spiro atoms. The molecule has 0 saturated carbocycles. The van der Waals surface area contributed by atoms with Gasteiger partial charge in [0.25, 0.3) is 7.82 Å². The Kier molecular flexibility index (Phi) is 67.3. The Labute approximate surface area is 546 Å². The lowest BCUT2D eigenvalue weighted by Crippen LogP contribution is -2.37. The lowest BCUT2D eigenvalue weighted by Gasteiger charge is -2.28. The van der Waals surface area contributed by atoms with E-state index in [-0.39, 0.29) is 32.0 Å². The number of carbonyl (C=O) groups is 2. The summed E-state index contributed by atoms with van der Waals surface area (Å²) < 4.78 is 34.4.